The number of pyridine rings is 1. The number of fused-ring (bicyclic) bond motifs is 1. The number of Topliss-reactive ketones (excluding diaryl/α,β-unsaturated/α-hetero) is 1. The fraction of sp³-hybridized carbons (Fsp3) is 0.300. The molecule has 3 heterocycles. The molecule has 0 aliphatic carbocycles. The predicted molar refractivity (Wildman–Crippen MR) is 93.5 cm³/mol. The number of carbonyl (C=O) groups excluding carboxylic acids is 1. The van der Waals surface area contributed by atoms with Crippen LogP contribution in [0.1, 0.15) is 34.1 Å². The number of rotatable bonds is 4. The third kappa shape index (κ3) is 2.85. The monoisotopic (exact) mass is 338 g/mol. The van der Waals surface area contributed by atoms with Crippen LogP contribution in [0.3, 0.4) is 0 Å². The molecule has 1 atom stereocenters. The van der Waals surface area contributed by atoms with Gasteiger partial charge < -0.3 is 9.14 Å². The number of carbonyl (C=O) groups is 1. The van der Waals surface area contributed by atoms with Crippen LogP contribution in [0, 0.1) is 19.7 Å². The number of nitrogens with zero attached hydrogens (tertiary/aromatic N) is 2. The average molecular weight is 338 g/mol. The van der Waals surface area contributed by atoms with Crippen molar-refractivity contribution in [2.24, 2.45) is 0 Å². The second-order valence-electron chi connectivity index (χ2n) is 6.71. The molecule has 3 aromatic rings. The van der Waals surface area contributed by atoms with Gasteiger partial charge in [-0.25, -0.2) is 9.37 Å². The Bertz CT molecular complexity index is 979. The molecule has 1 fully saturated rings. The molecule has 0 bridgehead atoms. The van der Waals surface area contributed by atoms with Crippen molar-refractivity contribution < 1.29 is 13.9 Å². The molecule has 25 heavy (non-hydrogen) atoms. The lowest BCUT2D eigenvalue weighted by atomic mass is 9.98. The fourth-order valence-electron chi connectivity index (χ4n) is 3.24. The maximum atomic E-state index is 14.9. The smallest absolute Gasteiger partial charge is 0.159 e. The molecule has 4 nitrogen and oxygen atoms in total. The molecule has 1 aromatic carbocycles. The quantitative estimate of drug-likeness (QED) is 0.535. The number of ether oxygens (including phenoxy) is 1. The van der Waals surface area contributed by atoms with E-state index in [4.69, 9.17) is 9.72 Å². The Morgan fingerprint density at radius 1 is 1.36 bits per heavy atom. The minimum atomic E-state index is -0.414. The van der Waals surface area contributed by atoms with Gasteiger partial charge in [-0.1, -0.05) is 0 Å². The van der Waals surface area contributed by atoms with Gasteiger partial charge in [0.15, 0.2) is 5.78 Å². The van der Waals surface area contributed by atoms with Crippen molar-refractivity contribution in [2.45, 2.75) is 33.3 Å². The molecule has 1 aliphatic rings. The van der Waals surface area contributed by atoms with Gasteiger partial charge in [-0.2, -0.15) is 0 Å². The maximum absolute atomic E-state index is 14.9. The van der Waals surface area contributed by atoms with Gasteiger partial charge in [0.25, 0.3) is 0 Å². The summed E-state index contributed by atoms with van der Waals surface area (Å²) in [6.07, 6.45) is 2.82. The highest BCUT2D eigenvalue weighted by molar-refractivity contribution is 5.95. The third-order valence-corrected chi connectivity index (χ3v) is 4.63. The van der Waals surface area contributed by atoms with Crippen molar-refractivity contribution in [3.8, 4) is 11.3 Å². The molecule has 2 aromatic heterocycles. The van der Waals surface area contributed by atoms with Crippen LogP contribution in [0.2, 0.25) is 0 Å². The van der Waals surface area contributed by atoms with E-state index >= 15 is 0 Å². The molecule has 0 N–H and O–H groups in total. The minimum Gasteiger partial charge on any atom is -0.373 e. The summed E-state index contributed by atoms with van der Waals surface area (Å²) in [5.74, 6) is -0.561. The number of halogens is 1. The molecule has 1 aliphatic heterocycles. The first kappa shape index (κ1) is 16.0. The second-order valence-corrected chi connectivity index (χ2v) is 6.71. The van der Waals surface area contributed by atoms with Gasteiger partial charge >= 0.3 is 0 Å². The van der Waals surface area contributed by atoms with E-state index in [1.165, 1.54) is 13.0 Å². The first-order valence-corrected chi connectivity index (χ1v) is 8.34. The van der Waals surface area contributed by atoms with Crippen LogP contribution in [0.15, 0.2) is 30.5 Å². The minimum absolute atomic E-state index is 0.147. The van der Waals surface area contributed by atoms with E-state index in [0.717, 1.165) is 23.5 Å². The Morgan fingerprint density at radius 3 is 2.76 bits per heavy atom. The highest BCUT2D eigenvalue weighted by Crippen LogP contribution is 2.33. The highest BCUT2D eigenvalue weighted by Gasteiger charge is 2.28. The summed E-state index contributed by atoms with van der Waals surface area (Å²) in [6.45, 7) is 5.99. The van der Waals surface area contributed by atoms with E-state index in [1.54, 1.807) is 6.07 Å². The zero-order valence-corrected chi connectivity index (χ0v) is 14.5. The molecule has 0 spiro atoms. The van der Waals surface area contributed by atoms with Crippen LogP contribution >= 0.6 is 0 Å². The Labute approximate surface area is 145 Å². The van der Waals surface area contributed by atoms with Crippen molar-refractivity contribution in [1.29, 1.82) is 0 Å². The lowest BCUT2D eigenvalue weighted by molar-refractivity contribution is 0.101. The Morgan fingerprint density at radius 2 is 2.12 bits per heavy atom. The Kier molecular flexibility index (Phi) is 3.69. The van der Waals surface area contributed by atoms with Crippen LogP contribution in [0.4, 0.5) is 4.39 Å². The molecule has 1 unspecified atom stereocenters. The number of hydrogen-bond donors (Lipinski definition) is 0. The number of aromatic nitrogens is 2. The van der Waals surface area contributed by atoms with E-state index in [2.05, 4.69) is 0 Å². The average Bonchev–Trinajstić information content (AvgIpc) is 3.29. The lowest BCUT2D eigenvalue weighted by Crippen LogP contribution is -2.03. The number of aryl methyl sites for hydroxylation is 2. The van der Waals surface area contributed by atoms with Gasteiger partial charge in [-0.3, -0.25) is 4.79 Å². The number of benzene rings is 1. The van der Waals surface area contributed by atoms with E-state index in [0.29, 0.717) is 28.8 Å². The molecule has 0 radical (unpaired) electrons. The van der Waals surface area contributed by atoms with Crippen LogP contribution in [0.25, 0.3) is 16.9 Å². The van der Waals surface area contributed by atoms with E-state index in [-0.39, 0.29) is 11.9 Å². The third-order valence-electron chi connectivity index (χ3n) is 4.63. The summed E-state index contributed by atoms with van der Waals surface area (Å²) in [5, 5.41) is 0. The fourth-order valence-corrected chi connectivity index (χ4v) is 3.24. The molecule has 4 rings (SSSR count). The first-order valence-electron chi connectivity index (χ1n) is 8.34. The Balaban J connectivity index is 1.95. The number of hydrogen-bond acceptors (Lipinski definition) is 3. The highest BCUT2D eigenvalue weighted by atomic mass is 19.1. The zero-order valence-electron chi connectivity index (χ0n) is 14.5. The van der Waals surface area contributed by atoms with Gasteiger partial charge in [-0.15, -0.1) is 0 Å². The predicted octanol–water partition coefficient (Wildman–Crippen LogP) is 3.90. The van der Waals surface area contributed by atoms with Crippen molar-refractivity contribution in [2.75, 3.05) is 6.61 Å². The molecule has 0 saturated carbocycles. The molecule has 0 amide bonds. The number of ketones is 1. The van der Waals surface area contributed by atoms with Gasteiger partial charge in [0.2, 0.25) is 0 Å². The SMILES string of the molecule is CC(=O)c1cc(C)c(-c2nc3cc(C)ccn3c2CC2CO2)c(F)c1. The van der Waals surface area contributed by atoms with Gasteiger partial charge in [0.05, 0.1) is 24.1 Å². The summed E-state index contributed by atoms with van der Waals surface area (Å²) in [4.78, 5) is 16.3. The number of epoxide rings is 1. The molecule has 1 saturated heterocycles. The molecular formula is C20H19FN2O2. The van der Waals surface area contributed by atoms with Crippen LogP contribution in [-0.4, -0.2) is 27.9 Å². The molecule has 5 heteroatoms. The lowest BCUT2D eigenvalue weighted by Gasteiger charge is -2.10. The summed E-state index contributed by atoms with van der Waals surface area (Å²) in [7, 11) is 0. The summed E-state index contributed by atoms with van der Waals surface area (Å²) in [6, 6.07) is 7.03. The molecule has 128 valence electrons. The first-order chi connectivity index (χ1) is 11.9. The summed E-state index contributed by atoms with van der Waals surface area (Å²) in [5.41, 5.74) is 5.01. The van der Waals surface area contributed by atoms with Crippen molar-refractivity contribution in [1.82, 2.24) is 9.38 Å². The normalized spacial score (nSPS) is 16.4. The number of imidazole rings is 1. The standard InChI is InChI=1S/C20H19FN2O2/c1-11-4-5-23-17(9-15-10-25-15)20(22-18(23)6-11)19-12(2)7-14(13(3)24)8-16(19)21/h4-8,15H,9-10H2,1-3H3. The maximum Gasteiger partial charge on any atom is 0.159 e. The summed E-state index contributed by atoms with van der Waals surface area (Å²) >= 11 is 0. The second kappa shape index (κ2) is 5.77. The Hall–Kier alpha value is -2.53. The van der Waals surface area contributed by atoms with Crippen LogP contribution in [-0.2, 0) is 11.2 Å². The van der Waals surface area contributed by atoms with Gasteiger partial charge in [-0.05, 0) is 56.2 Å². The van der Waals surface area contributed by atoms with Crippen LogP contribution < -0.4 is 0 Å². The van der Waals surface area contributed by atoms with Crippen molar-refractivity contribution in [3.05, 3.63) is 58.7 Å². The van der Waals surface area contributed by atoms with E-state index in [1.807, 2.05) is 36.6 Å². The van der Waals surface area contributed by atoms with Crippen molar-refractivity contribution >= 4 is 11.4 Å². The molecular weight excluding hydrogens is 319 g/mol. The van der Waals surface area contributed by atoms with E-state index in [9.17, 15) is 9.18 Å². The zero-order chi connectivity index (χ0) is 17.7. The van der Waals surface area contributed by atoms with Crippen LogP contribution in [0.5, 0.6) is 0 Å². The topological polar surface area (TPSA) is 46.9 Å². The summed E-state index contributed by atoms with van der Waals surface area (Å²) < 4.78 is 22.2. The largest absolute Gasteiger partial charge is 0.373 e. The van der Waals surface area contributed by atoms with E-state index < -0.39 is 5.82 Å². The van der Waals surface area contributed by atoms with Gasteiger partial charge in [0.1, 0.15) is 11.5 Å². The van der Waals surface area contributed by atoms with Gasteiger partial charge in [0, 0.05) is 23.7 Å². The van der Waals surface area contributed by atoms with Crippen molar-refractivity contribution in [3.63, 3.8) is 0 Å².